The van der Waals surface area contributed by atoms with Gasteiger partial charge in [-0.15, -0.1) is 0 Å². The minimum Gasteiger partial charge on any atom is -0.482 e. The van der Waals surface area contributed by atoms with Crippen LogP contribution in [0.5, 0.6) is 5.75 Å². The number of fused-ring (bicyclic) bond motifs is 1. The third-order valence-corrected chi connectivity index (χ3v) is 6.12. The van der Waals surface area contributed by atoms with Crippen molar-refractivity contribution in [1.29, 1.82) is 0 Å². The van der Waals surface area contributed by atoms with Gasteiger partial charge in [0.05, 0.1) is 5.69 Å². The number of carbonyl (C=O) groups excluding carboxylic acids is 3. The van der Waals surface area contributed by atoms with Crippen molar-refractivity contribution < 1.29 is 19.1 Å². The van der Waals surface area contributed by atoms with Gasteiger partial charge in [0.25, 0.3) is 5.91 Å². The van der Waals surface area contributed by atoms with Gasteiger partial charge < -0.3 is 19.4 Å². The minimum absolute atomic E-state index is 0.0359. The lowest BCUT2D eigenvalue weighted by Crippen LogP contribution is -2.49. The molecule has 2 aromatic rings. The van der Waals surface area contributed by atoms with E-state index in [2.05, 4.69) is 4.90 Å². The number of piperazine rings is 1. The minimum atomic E-state index is -0.166. The Balaban J connectivity index is 1.30. The molecule has 32 heavy (non-hydrogen) atoms. The molecule has 2 aliphatic rings. The van der Waals surface area contributed by atoms with E-state index in [9.17, 15) is 14.4 Å². The first-order valence-corrected chi connectivity index (χ1v) is 11.2. The Labute approximate surface area is 192 Å². The van der Waals surface area contributed by atoms with Crippen molar-refractivity contribution in [2.45, 2.75) is 19.8 Å². The van der Waals surface area contributed by atoms with Crippen LogP contribution in [0.15, 0.2) is 42.5 Å². The summed E-state index contributed by atoms with van der Waals surface area (Å²) in [5.74, 6) is 0.436. The number of ether oxygens (including phenoxy) is 1. The van der Waals surface area contributed by atoms with Gasteiger partial charge in [0.2, 0.25) is 5.91 Å². The van der Waals surface area contributed by atoms with Crippen molar-refractivity contribution in [3.8, 4) is 5.75 Å². The fraction of sp³-hybridized carbons (Fsp3) is 0.375. The second-order valence-corrected chi connectivity index (χ2v) is 8.46. The molecule has 0 N–H and O–H groups in total. The fourth-order valence-electron chi connectivity index (χ4n) is 4.10. The van der Waals surface area contributed by atoms with Gasteiger partial charge in [0, 0.05) is 55.4 Å². The maximum absolute atomic E-state index is 12.7. The Morgan fingerprint density at radius 3 is 2.56 bits per heavy atom. The van der Waals surface area contributed by atoms with Crippen LogP contribution in [0.25, 0.3) is 0 Å². The monoisotopic (exact) mass is 455 g/mol. The predicted octanol–water partition coefficient (Wildman–Crippen LogP) is 3.40. The fourth-order valence-corrected chi connectivity index (χ4v) is 4.28. The van der Waals surface area contributed by atoms with Crippen molar-refractivity contribution in [2.24, 2.45) is 0 Å². The molecule has 7 nitrogen and oxygen atoms in total. The molecule has 168 valence electrons. The summed E-state index contributed by atoms with van der Waals surface area (Å²) in [4.78, 5) is 42.6. The second kappa shape index (κ2) is 9.61. The Hall–Kier alpha value is -3.06. The summed E-state index contributed by atoms with van der Waals surface area (Å²) in [5, 5.41) is 0.704. The molecular formula is C24H26ClN3O4. The molecule has 0 saturated carbocycles. The SMILES string of the molecule is CC(=O)c1ccc2c(c1)N(CCCC(=O)N1CCN(c3cccc(Cl)c3)CC1)C(=O)CO2. The van der Waals surface area contributed by atoms with E-state index in [0.29, 0.717) is 54.5 Å². The zero-order valence-electron chi connectivity index (χ0n) is 18.1. The summed E-state index contributed by atoms with van der Waals surface area (Å²) < 4.78 is 5.49. The third kappa shape index (κ3) is 4.88. The van der Waals surface area contributed by atoms with Gasteiger partial charge in [0.15, 0.2) is 12.4 Å². The molecule has 2 aliphatic heterocycles. The average molecular weight is 456 g/mol. The van der Waals surface area contributed by atoms with Crippen molar-refractivity contribution in [3.05, 3.63) is 53.1 Å². The number of Topliss-reactive ketones (excluding diaryl/α,β-unsaturated/α-hetero) is 1. The third-order valence-electron chi connectivity index (χ3n) is 5.89. The van der Waals surface area contributed by atoms with Gasteiger partial charge in [-0.2, -0.15) is 0 Å². The van der Waals surface area contributed by atoms with E-state index in [0.717, 1.165) is 18.8 Å². The Bertz CT molecular complexity index is 1030. The molecular weight excluding hydrogens is 430 g/mol. The van der Waals surface area contributed by atoms with Crippen LogP contribution in [0.3, 0.4) is 0 Å². The van der Waals surface area contributed by atoms with Crippen LogP contribution < -0.4 is 14.5 Å². The molecule has 0 spiro atoms. The van der Waals surface area contributed by atoms with E-state index in [1.165, 1.54) is 6.92 Å². The molecule has 0 atom stereocenters. The Morgan fingerprint density at radius 2 is 1.84 bits per heavy atom. The first-order chi connectivity index (χ1) is 15.4. The first kappa shape index (κ1) is 22.1. The predicted molar refractivity (Wildman–Crippen MR) is 124 cm³/mol. The van der Waals surface area contributed by atoms with Crippen LogP contribution in [0.1, 0.15) is 30.1 Å². The smallest absolute Gasteiger partial charge is 0.265 e. The van der Waals surface area contributed by atoms with Crippen molar-refractivity contribution in [3.63, 3.8) is 0 Å². The van der Waals surface area contributed by atoms with E-state index in [1.807, 2.05) is 29.2 Å². The highest BCUT2D eigenvalue weighted by atomic mass is 35.5. The van der Waals surface area contributed by atoms with E-state index in [1.54, 1.807) is 23.1 Å². The molecule has 1 fully saturated rings. The number of hydrogen-bond acceptors (Lipinski definition) is 5. The topological polar surface area (TPSA) is 70.2 Å². The van der Waals surface area contributed by atoms with Crippen molar-refractivity contribution >= 4 is 40.6 Å². The Kier molecular flexibility index (Phi) is 6.65. The highest BCUT2D eigenvalue weighted by molar-refractivity contribution is 6.30. The molecule has 0 aromatic heterocycles. The zero-order chi connectivity index (χ0) is 22.7. The molecule has 0 aliphatic carbocycles. The van der Waals surface area contributed by atoms with Gasteiger partial charge in [-0.05, 0) is 49.7 Å². The van der Waals surface area contributed by atoms with Crippen molar-refractivity contribution in [2.75, 3.05) is 49.1 Å². The number of ketones is 1. The summed E-state index contributed by atoms with van der Waals surface area (Å²) in [5.41, 5.74) is 2.19. The highest BCUT2D eigenvalue weighted by Crippen LogP contribution is 2.33. The lowest BCUT2D eigenvalue weighted by atomic mass is 10.1. The normalized spacial score (nSPS) is 15.9. The first-order valence-electron chi connectivity index (χ1n) is 10.8. The molecule has 0 radical (unpaired) electrons. The number of nitrogens with zero attached hydrogens (tertiary/aromatic N) is 3. The van der Waals surface area contributed by atoms with Crippen LogP contribution in [-0.2, 0) is 9.59 Å². The van der Waals surface area contributed by atoms with Crippen molar-refractivity contribution in [1.82, 2.24) is 4.90 Å². The summed E-state index contributed by atoms with van der Waals surface area (Å²) in [6.45, 7) is 4.70. The largest absolute Gasteiger partial charge is 0.482 e. The number of anilines is 2. The van der Waals surface area contributed by atoms with E-state index in [4.69, 9.17) is 16.3 Å². The molecule has 0 unspecified atom stereocenters. The van der Waals surface area contributed by atoms with Gasteiger partial charge in [-0.25, -0.2) is 0 Å². The lowest BCUT2D eigenvalue weighted by molar-refractivity contribution is -0.131. The highest BCUT2D eigenvalue weighted by Gasteiger charge is 2.27. The van der Waals surface area contributed by atoms with Crippen LogP contribution in [0.2, 0.25) is 5.02 Å². The molecule has 1 saturated heterocycles. The molecule has 2 amide bonds. The number of benzene rings is 2. The molecule has 0 bridgehead atoms. The van der Waals surface area contributed by atoms with Crippen LogP contribution in [0, 0.1) is 0 Å². The molecule has 4 rings (SSSR count). The molecule has 2 heterocycles. The Morgan fingerprint density at radius 1 is 1.06 bits per heavy atom. The summed E-state index contributed by atoms with van der Waals surface area (Å²) in [6, 6.07) is 12.8. The summed E-state index contributed by atoms with van der Waals surface area (Å²) in [7, 11) is 0. The van der Waals surface area contributed by atoms with Gasteiger partial charge in [-0.3, -0.25) is 14.4 Å². The van der Waals surface area contributed by atoms with Gasteiger partial charge >= 0.3 is 0 Å². The second-order valence-electron chi connectivity index (χ2n) is 8.02. The van der Waals surface area contributed by atoms with Gasteiger partial charge in [-0.1, -0.05) is 17.7 Å². The summed E-state index contributed by atoms with van der Waals surface area (Å²) >= 11 is 6.09. The average Bonchev–Trinajstić information content (AvgIpc) is 2.80. The quantitative estimate of drug-likeness (QED) is 0.624. The van der Waals surface area contributed by atoms with E-state index in [-0.39, 0.29) is 24.2 Å². The van der Waals surface area contributed by atoms with E-state index >= 15 is 0 Å². The summed E-state index contributed by atoms with van der Waals surface area (Å²) in [6.07, 6.45) is 0.909. The zero-order valence-corrected chi connectivity index (χ0v) is 18.8. The van der Waals surface area contributed by atoms with Crippen LogP contribution in [0.4, 0.5) is 11.4 Å². The number of carbonyl (C=O) groups is 3. The lowest BCUT2D eigenvalue weighted by Gasteiger charge is -2.36. The number of amides is 2. The van der Waals surface area contributed by atoms with Crippen LogP contribution >= 0.6 is 11.6 Å². The van der Waals surface area contributed by atoms with E-state index < -0.39 is 0 Å². The standard InChI is InChI=1S/C24H26ClN3O4/c1-17(29)18-7-8-22-21(14-18)28(24(31)16-32-22)9-3-6-23(30)27-12-10-26(11-13-27)20-5-2-4-19(25)15-20/h2,4-5,7-8,14-15H,3,6,9-13,16H2,1H3. The maximum Gasteiger partial charge on any atom is 0.265 e. The number of rotatable bonds is 6. The maximum atomic E-state index is 12.7. The number of hydrogen-bond donors (Lipinski definition) is 0. The molecule has 8 heteroatoms. The molecule has 2 aromatic carbocycles. The number of halogens is 1. The van der Waals surface area contributed by atoms with Crippen LogP contribution in [-0.4, -0.2) is 61.8 Å². The van der Waals surface area contributed by atoms with Gasteiger partial charge in [0.1, 0.15) is 5.75 Å².